The normalized spacial score (nSPS) is 38.6. The molecule has 0 aliphatic heterocycles. The Hall–Kier alpha value is -0.570. The van der Waals surface area contributed by atoms with Crippen LogP contribution in [0.3, 0.4) is 0 Å². The molecule has 0 amide bonds. The molecule has 2 aliphatic rings. The summed E-state index contributed by atoms with van der Waals surface area (Å²) >= 11 is 0. The van der Waals surface area contributed by atoms with Crippen LogP contribution in [0.5, 0.6) is 0 Å². The summed E-state index contributed by atoms with van der Waals surface area (Å²) in [5, 5.41) is 13.2. The van der Waals surface area contributed by atoms with Gasteiger partial charge in [-0.25, -0.2) is 0 Å². The minimum atomic E-state index is -0.645. The number of aliphatic carboxylic acids is 1. The van der Waals surface area contributed by atoms with E-state index in [1.165, 1.54) is 19.3 Å². The van der Waals surface area contributed by atoms with Gasteiger partial charge in [-0.3, -0.25) is 10.1 Å². The number of nitrogens with one attached hydrogen (secondary N) is 1. The van der Waals surface area contributed by atoms with E-state index in [1.807, 2.05) is 0 Å². The molecular weight excluding hydrogens is 226 g/mol. The van der Waals surface area contributed by atoms with Gasteiger partial charge in [0.15, 0.2) is 0 Å². The van der Waals surface area contributed by atoms with Gasteiger partial charge in [0.25, 0.3) is 0 Å². The molecule has 3 heteroatoms. The number of carboxylic acids is 1. The van der Waals surface area contributed by atoms with Crippen molar-refractivity contribution in [2.75, 3.05) is 0 Å². The average Bonchev–Trinajstić information content (AvgIpc) is 2.35. The Labute approximate surface area is 110 Å². The lowest BCUT2D eigenvalue weighted by Crippen LogP contribution is -2.59. The summed E-state index contributed by atoms with van der Waals surface area (Å²) in [5.41, 5.74) is -0.645. The van der Waals surface area contributed by atoms with Crippen molar-refractivity contribution in [1.29, 1.82) is 0 Å². The van der Waals surface area contributed by atoms with E-state index < -0.39 is 11.5 Å². The fourth-order valence-electron chi connectivity index (χ4n) is 3.64. The van der Waals surface area contributed by atoms with Crippen molar-refractivity contribution in [2.24, 2.45) is 11.8 Å². The molecule has 3 atom stereocenters. The lowest BCUT2D eigenvalue weighted by Gasteiger charge is -2.43. The van der Waals surface area contributed by atoms with E-state index in [2.05, 4.69) is 19.2 Å². The first-order valence-corrected chi connectivity index (χ1v) is 7.54. The Kier molecular flexibility index (Phi) is 4.31. The van der Waals surface area contributed by atoms with E-state index in [1.54, 1.807) is 0 Å². The zero-order valence-electron chi connectivity index (χ0n) is 11.7. The number of hydrogen-bond donors (Lipinski definition) is 2. The second kappa shape index (κ2) is 5.60. The first kappa shape index (κ1) is 13.9. The molecule has 0 aromatic carbocycles. The summed E-state index contributed by atoms with van der Waals surface area (Å²) in [6.07, 6.45) is 8.74. The summed E-state index contributed by atoms with van der Waals surface area (Å²) in [6, 6.07) is 0.426. The minimum absolute atomic E-state index is 0.426. The zero-order chi connectivity index (χ0) is 13.2. The van der Waals surface area contributed by atoms with Crippen LogP contribution in [0.15, 0.2) is 0 Å². The van der Waals surface area contributed by atoms with Crippen LogP contribution in [0.25, 0.3) is 0 Å². The van der Waals surface area contributed by atoms with E-state index in [0.29, 0.717) is 17.9 Å². The van der Waals surface area contributed by atoms with Crippen LogP contribution in [-0.4, -0.2) is 22.7 Å². The van der Waals surface area contributed by atoms with Crippen LogP contribution >= 0.6 is 0 Å². The van der Waals surface area contributed by atoms with Crippen molar-refractivity contribution in [3.8, 4) is 0 Å². The summed E-state index contributed by atoms with van der Waals surface area (Å²) in [4.78, 5) is 11.7. The second-order valence-electron chi connectivity index (χ2n) is 6.56. The van der Waals surface area contributed by atoms with Gasteiger partial charge in [-0.2, -0.15) is 0 Å². The van der Waals surface area contributed by atoms with Gasteiger partial charge in [0.2, 0.25) is 0 Å². The van der Waals surface area contributed by atoms with Crippen LogP contribution in [0, 0.1) is 11.8 Å². The van der Waals surface area contributed by atoms with Crippen LogP contribution < -0.4 is 5.32 Å². The molecule has 0 heterocycles. The lowest BCUT2D eigenvalue weighted by atomic mass is 9.70. The number of carboxylic acid groups (broad SMARTS) is 1. The quantitative estimate of drug-likeness (QED) is 0.812. The van der Waals surface area contributed by atoms with Crippen LogP contribution in [0.2, 0.25) is 0 Å². The molecule has 2 saturated carbocycles. The van der Waals surface area contributed by atoms with E-state index in [9.17, 15) is 9.90 Å². The Morgan fingerprint density at radius 2 is 1.78 bits per heavy atom. The lowest BCUT2D eigenvalue weighted by molar-refractivity contribution is -0.148. The first-order valence-electron chi connectivity index (χ1n) is 7.54. The third-order valence-corrected chi connectivity index (χ3v) is 5.16. The van der Waals surface area contributed by atoms with Gasteiger partial charge in [-0.1, -0.05) is 33.1 Å². The van der Waals surface area contributed by atoms with Crippen molar-refractivity contribution < 1.29 is 9.90 Å². The predicted octanol–water partition coefficient (Wildman–Crippen LogP) is 3.19. The first-order chi connectivity index (χ1) is 8.53. The molecule has 18 heavy (non-hydrogen) atoms. The van der Waals surface area contributed by atoms with Crippen molar-refractivity contribution in [3.63, 3.8) is 0 Å². The maximum absolute atomic E-state index is 11.7. The van der Waals surface area contributed by atoms with Crippen molar-refractivity contribution in [2.45, 2.75) is 76.8 Å². The summed E-state index contributed by atoms with van der Waals surface area (Å²) in [5.74, 6) is 0.531. The highest BCUT2D eigenvalue weighted by Crippen LogP contribution is 2.37. The standard InChI is InChI=1S/C15H27NO2/c1-11-8-9-15(14(17)18,10-12(11)2)16-13-6-4-3-5-7-13/h11-13,16H,3-10H2,1-2H3,(H,17,18). The summed E-state index contributed by atoms with van der Waals surface area (Å²) in [7, 11) is 0. The molecular formula is C15H27NO2. The fourth-order valence-corrected chi connectivity index (χ4v) is 3.64. The molecule has 0 spiro atoms. The second-order valence-corrected chi connectivity index (χ2v) is 6.56. The molecule has 104 valence electrons. The molecule has 2 fully saturated rings. The summed E-state index contributed by atoms with van der Waals surface area (Å²) < 4.78 is 0. The van der Waals surface area contributed by atoms with Crippen molar-refractivity contribution in [3.05, 3.63) is 0 Å². The highest BCUT2D eigenvalue weighted by Gasteiger charge is 2.44. The molecule has 0 bridgehead atoms. The van der Waals surface area contributed by atoms with Gasteiger partial charge >= 0.3 is 5.97 Å². The molecule has 2 rings (SSSR count). The summed E-state index contributed by atoms with van der Waals surface area (Å²) in [6.45, 7) is 4.45. The van der Waals surface area contributed by atoms with Crippen molar-refractivity contribution >= 4 is 5.97 Å². The Bertz CT molecular complexity index is 299. The van der Waals surface area contributed by atoms with Crippen LogP contribution in [-0.2, 0) is 4.79 Å². The number of carbonyl (C=O) groups is 1. The van der Waals surface area contributed by atoms with Crippen LogP contribution in [0.4, 0.5) is 0 Å². The van der Waals surface area contributed by atoms with Gasteiger partial charge in [-0.15, -0.1) is 0 Å². The van der Waals surface area contributed by atoms with E-state index in [-0.39, 0.29) is 0 Å². The number of rotatable bonds is 3. The monoisotopic (exact) mass is 253 g/mol. The smallest absolute Gasteiger partial charge is 0.323 e. The van der Waals surface area contributed by atoms with Gasteiger partial charge in [0.1, 0.15) is 5.54 Å². The maximum Gasteiger partial charge on any atom is 0.323 e. The van der Waals surface area contributed by atoms with E-state index in [4.69, 9.17) is 0 Å². The van der Waals surface area contributed by atoms with E-state index >= 15 is 0 Å². The topological polar surface area (TPSA) is 49.3 Å². The van der Waals surface area contributed by atoms with Crippen LogP contribution in [0.1, 0.15) is 65.2 Å². The molecule has 0 aromatic heterocycles. The predicted molar refractivity (Wildman–Crippen MR) is 72.6 cm³/mol. The third kappa shape index (κ3) is 2.87. The van der Waals surface area contributed by atoms with Gasteiger partial charge in [-0.05, 0) is 43.9 Å². The molecule has 0 radical (unpaired) electrons. The highest BCUT2D eigenvalue weighted by molar-refractivity contribution is 5.79. The molecule has 2 aliphatic carbocycles. The third-order valence-electron chi connectivity index (χ3n) is 5.16. The molecule has 3 nitrogen and oxygen atoms in total. The largest absolute Gasteiger partial charge is 0.480 e. The van der Waals surface area contributed by atoms with Crippen molar-refractivity contribution in [1.82, 2.24) is 5.32 Å². The minimum Gasteiger partial charge on any atom is -0.480 e. The van der Waals surface area contributed by atoms with Gasteiger partial charge in [0.05, 0.1) is 0 Å². The zero-order valence-corrected chi connectivity index (χ0v) is 11.7. The molecule has 3 unspecified atom stereocenters. The highest BCUT2D eigenvalue weighted by atomic mass is 16.4. The molecule has 0 aromatic rings. The fraction of sp³-hybridized carbons (Fsp3) is 0.933. The maximum atomic E-state index is 11.7. The van der Waals surface area contributed by atoms with Gasteiger partial charge in [0, 0.05) is 6.04 Å². The Morgan fingerprint density at radius 1 is 1.11 bits per heavy atom. The SMILES string of the molecule is CC1CCC(NC2CCCCC2)(C(=O)O)CC1C. The molecule has 0 saturated heterocycles. The average molecular weight is 253 g/mol. The Morgan fingerprint density at radius 3 is 2.33 bits per heavy atom. The number of hydrogen-bond acceptors (Lipinski definition) is 2. The Balaban J connectivity index is 2.04. The van der Waals surface area contributed by atoms with E-state index in [0.717, 1.165) is 32.1 Å². The molecule has 2 N–H and O–H groups in total. The van der Waals surface area contributed by atoms with Gasteiger partial charge < -0.3 is 5.11 Å².